The van der Waals surface area contributed by atoms with E-state index in [1.807, 2.05) is 4.68 Å². The number of hydrogen-bond acceptors (Lipinski definition) is 4. The third kappa shape index (κ3) is 3.18. The van der Waals surface area contributed by atoms with Crippen LogP contribution in [0.15, 0.2) is 0 Å². The van der Waals surface area contributed by atoms with Gasteiger partial charge in [-0.05, 0) is 37.9 Å². The largest absolute Gasteiger partial charge is 0.369 e. The van der Waals surface area contributed by atoms with Gasteiger partial charge in [-0.3, -0.25) is 9.69 Å². The Balaban J connectivity index is 1.66. The summed E-state index contributed by atoms with van der Waals surface area (Å²) in [5.74, 6) is 0.998. The van der Waals surface area contributed by atoms with Crippen molar-refractivity contribution in [1.29, 1.82) is 0 Å². The Hall–Kier alpha value is -1.21. The number of piperidine rings is 1. The maximum absolute atomic E-state index is 11.2. The van der Waals surface area contributed by atoms with Crippen molar-refractivity contribution in [2.45, 2.75) is 51.7 Å². The van der Waals surface area contributed by atoms with Crippen LogP contribution in [0.2, 0.25) is 0 Å². The summed E-state index contributed by atoms with van der Waals surface area (Å²) in [5.41, 5.74) is 5.38. The van der Waals surface area contributed by atoms with Gasteiger partial charge in [0, 0.05) is 32.0 Å². The zero-order chi connectivity index (χ0) is 14.8. The van der Waals surface area contributed by atoms with Crippen molar-refractivity contribution < 1.29 is 4.79 Å². The van der Waals surface area contributed by atoms with Crippen molar-refractivity contribution in [3.8, 4) is 0 Å². The summed E-state index contributed by atoms with van der Waals surface area (Å²) in [6, 6.07) is 0. The molecule has 7 heteroatoms. The van der Waals surface area contributed by atoms with Crippen LogP contribution in [0, 0.1) is 10.7 Å². The minimum Gasteiger partial charge on any atom is -0.369 e. The van der Waals surface area contributed by atoms with Crippen LogP contribution >= 0.6 is 12.2 Å². The summed E-state index contributed by atoms with van der Waals surface area (Å²) in [4.78, 5) is 13.5. The van der Waals surface area contributed by atoms with E-state index in [0.29, 0.717) is 0 Å². The number of carbonyl (C=O) groups is 1. The summed E-state index contributed by atoms with van der Waals surface area (Å²) in [7, 11) is 0. The van der Waals surface area contributed by atoms with Crippen LogP contribution in [-0.4, -0.2) is 38.2 Å². The minimum absolute atomic E-state index is 0.0351. The van der Waals surface area contributed by atoms with Crippen molar-refractivity contribution in [3.05, 3.63) is 10.6 Å². The minimum atomic E-state index is -0.167. The summed E-state index contributed by atoms with van der Waals surface area (Å²) in [6.07, 6.45) is 6.37. The molecule has 116 valence electrons. The highest BCUT2D eigenvalue weighted by molar-refractivity contribution is 7.71. The predicted octanol–water partition coefficient (Wildman–Crippen LogP) is 1.30. The van der Waals surface area contributed by atoms with Crippen LogP contribution in [0.25, 0.3) is 0 Å². The summed E-state index contributed by atoms with van der Waals surface area (Å²) >= 11 is 5.57. The van der Waals surface area contributed by atoms with Gasteiger partial charge in [0.1, 0.15) is 5.82 Å². The van der Waals surface area contributed by atoms with Crippen molar-refractivity contribution in [2.75, 3.05) is 13.1 Å². The Morgan fingerprint density at radius 1 is 1.24 bits per heavy atom. The molecule has 1 fully saturated rings. The van der Waals surface area contributed by atoms with E-state index in [1.54, 1.807) is 0 Å². The van der Waals surface area contributed by atoms with Crippen molar-refractivity contribution >= 4 is 18.1 Å². The molecule has 0 aromatic carbocycles. The number of primary amides is 1. The number of nitrogens with two attached hydrogens (primary N) is 1. The number of nitrogens with zero attached hydrogens (tertiary/aromatic N) is 4. The van der Waals surface area contributed by atoms with Crippen LogP contribution in [0.4, 0.5) is 0 Å². The molecule has 0 atom stereocenters. The van der Waals surface area contributed by atoms with Crippen LogP contribution < -0.4 is 5.73 Å². The molecule has 21 heavy (non-hydrogen) atoms. The monoisotopic (exact) mass is 309 g/mol. The van der Waals surface area contributed by atoms with Crippen molar-refractivity contribution in [3.63, 3.8) is 0 Å². The first-order valence-electron chi connectivity index (χ1n) is 7.83. The quantitative estimate of drug-likeness (QED) is 0.854. The molecule has 0 unspecified atom stereocenters. The molecule has 0 saturated carbocycles. The standard InChI is InChI=1S/C14H23N5OS/c15-13(20)11-5-8-17(9-6-11)10-19-14(21)18-7-3-1-2-4-12(18)16-19/h11H,1-10H2,(H2,15,20). The number of amides is 1. The van der Waals surface area contributed by atoms with Gasteiger partial charge in [0.2, 0.25) is 5.91 Å². The summed E-state index contributed by atoms with van der Waals surface area (Å²) in [6.45, 7) is 3.50. The van der Waals surface area contributed by atoms with E-state index >= 15 is 0 Å². The number of likely N-dealkylation sites (tertiary alicyclic amines) is 1. The smallest absolute Gasteiger partial charge is 0.220 e. The molecule has 1 aromatic heterocycles. The number of rotatable bonds is 3. The van der Waals surface area contributed by atoms with Gasteiger partial charge in [0.05, 0.1) is 6.67 Å². The van der Waals surface area contributed by atoms with E-state index in [1.165, 1.54) is 19.3 Å². The van der Waals surface area contributed by atoms with Gasteiger partial charge < -0.3 is 10.3 Å². The van der Waals surface area contributed by atoms with Gasteiger partial charge >= 0.3 is 0 Å². The third-order valence-corrected chi connectivity index (χ3v) is 5.04. The van der Waals surface area contributed by atoms with Crippen LogP contribution in [0.5, 0.6) is 0 Å². The maximum atomic E-state index is 11.2. The summed E-state index contributed by atoms with van der Waals surface area (Å²) in [5, 5.41) is 4.70. The Labute approximate surface area is 129 Å². The molecule has 0 radical (unpaired) electrons. The van der Waals surface area contributed by atoms with Gasteiger partial charge in [-0.25, -0.2) is 4.68 Å². The van der Waals surface area contributed by atoms with E-state index < -0.39 is 0 Å². The van der Waals surface area contributed by atoms with E-state index in [9.17, 15) is 4.79 Å². The first kappa shape index (κ1) is 14.7. The maximum Gasteiger partial charge on any atom is 0.220 e. The lowest BCUT2D eigenvalue weighted by Gasteiger charge is -2.30. The predicted molar refractivity (Wildman–Crippen MR) is 82.1 cm³/mol. The first-order valence-corrected chi connectivity index (χ1v) is 8.24. The summed E-state index contributed by atoms with van der Waals surface area (Å²) < 4.78 is 4.97. The average molecular weight is 309 g/mol. The number of aryl methyl sites for hydroxylation is 1. The third-order valence-electron chi connectivity index (χ3n) is 4.61. The lowest BCUT2D eigenvalue weighted by Crippen LogP contribution is -2.39. The van der Waals surface area contributed by atoms with Gasteiger partial charge in [-0.1, -0.05) is 6.42 Å². The molecule has 3 heterocycles. The Bertz CT molecular complexity index is 570. The second-order valence-electron chi connectivity index (χ2n) is 6.10. The first-order chi connectivity index (χ1) is 10.1. The van der Waals surface area contributed by atoms with Gasteiger partial charge in [-0.15, -0.1) is 0 Å². The van der Waals surface area contributed by atoms with Gasteiger partial charge in [0.25, 0.3) is 0 Å². The highest BCUT2D eigenvalue weighted by atomic mass is 32.1. The molecule has 0 bridgehead atoms. The topological polar surface area (TPSA) is 69.1 Å². The van der Waals surface area contributed by atoms with Crippen molar-refractivity contribution in [1.82, 2.24) is 19.2 Å². The van der Waals surface area contributed by atoms with Crippen molar-refractivity contribution in [2.24, 2.45) is 11.7 Å². The zero-order valence-corrected chi connectivity index (χ0v) is 13.1. The van der Waals surface area contributed by atoms with E-state index in [4.69, 9.17) is 23.1 Å². The molecular formula is C14H23N5OS. The van der Waals surface area contributed by atoms with E-state index in [2.05, 4.69) is 9.47 Å². The lowest BCUT2D eigenvalue weighted by atomic mass is 9.97. The fourth-order valence-electron chi connectivity index (χ4n) is 3.27. The molecule has 3 rings (SSSR count). The Morgan fingerprint density at radius 2 is 2.00 bits per heavy atom. The molecular weight excluding hydrogens is 286 g/mol. The molecule has 6 nitrogen and oxygen atoms in total. The zero-order valence-electron chi connectivity index (χ0n) is 12.3. The molecule has 1 saturated heterocycles. The second-order valence-corrected chi connectivity index (χ2v) is 6.46. The second kappa shape index (κ2) is 6.27. The fraction of sp³-hybridized carbons (Fsp3) is 0.786. The van der Waals surface area contributed by atoms with Crippen LogP contribution in [-0.2, 0) is 24.4 Å². The molecule has 0 spiro atoms. The normalized spacial score (nSPS) is 21.0. The van der Waals surface area contributed by atoms with Gasteiger partial charge in [0.15, 0.2) is 4.77 Å². The molecule has 2 aliphatic heterocycles. The Kier molecular flexibility index (Phi) is 4.40. The van der Waals surface area contributed by atoms with Crippen LogP contribution in [0.3, 0.4) is 0 Å². The van der Waals surface area contributed by atoms with Gasteiger partial charge in [-0.2, -0.15) is 5.10 Å². The van der Waals surface area contributed by atoms with E-state index in [0.717, 1.165) is 56.2 Å². The highest BCUT2D eigenvalue weighted by Gasteiger charge is 2.24. The van der Waals surface area contributed by atoms with E-state index in [-0.39, 0.29) is 11.8 Å². The lowest BCUT2D eigenvalue weighted by molar-refractivity contribution is -0.123. The number of fused-ring (bicyclic) bond motifs is 1. The number of carbonyl (C=O) groups excluding carboxylic acids is 1. The SMILES string of the molecule is NC(=O)C1CCN(Cn2nc3n(c2=S)CCCCC3)CC1. The fourth-order valence-corrected chi connectivity index (χ4v) is 3.56. The molecule has 2 N–H and O–H groups in total. The molecule has 1 amide bonds. The molecule has 0 aliphatic carbocycles. The van der Waals surface area contributed by atoms with Crippen LogP contribution in [0.1, 0.15) is 37.9 Å². The average Bonchev–Trinajstić information content (AvgIpc) is 2.66. The highest BCUT2D eigenvalue weighted by Crippen LogP contribution is 2.18. The number of aromatic nitrogens is 3. The molecule has 2 aliphatic rings. The molecule has 1 aromatic rings. The number of hydrogen-bond donors (Lipinski definition) is 1. The Morgan fingerprint density at radius 3 is 2.71 bits per heavy atom.